The zero-order valence-electron chi connectivity index (χ0n) is 14.6. The number of nitrogens with one attached hydrogen (secondary N) is 2. The lowest BCUT2D eigenvalue weighted by Crippen LogP contribution is -2.39. The van der Waals surface area contributed by atoms with Gasteiger partial charge in [-0.25, -0.2) is 0 Å². The second-order valence-corrected chi connectivity index (χ2v) is 6.73. The molecule has 2 rings (SSSR count). The number of carbonyl (C=O) groups is 1. The number of guanidine groups is 1. The van der Waals surface area contributed by atoms with Crippen LogP contribution in [0.25, 0.3) is 10.1 Å². The van der Waals surface area contributed by atoms with E-state index in [9.17, 15) is 9.90 Å². The first kappa shape index (κ1) is 19.2. The smallest absolute Gasteiger partial charge is 0.305 e. The lowest BCUT2D eigenvalue weighted by Gasteiger charge is -2.14. The van der Waals surface area contributed by atoms with Gasteiger partial charge < -0.3 is 20.5 Å². The van der Waals surface area contributed by atoms with Crippen LogP contribution in [0.1, 0.15) is 30.2 Å². The van der Waals surface area contributed by atoms with E-state index in [1.165, 1.54) is 11.8 Å². The molecule has 0 aliphatic rings. The Bertz CT molecular complexity index is 681. The van der Waals surface area contributed by atoms with Gasteiger partial charge in [-0.1, -0.05) is 18.2 Å². The highest BCUT2D eigenvalue weighted by atomic mass is 32.1. The van der Waals surface area contributed by atoms with Crippen molar-refractivity contribution in [3.63, 3.8) is 0 Å². The zero-order valence-corrected chi connectivity index (χ0v) is 15.4. The van der Waals surface area contributed by atoms with Crippen molar-refractivity contribution in [2.75, 3.05) is 27.2 Å². The SMILES string of the molecule is CN=C(NCCCCC(=O)OC)NCC(O)c1cc2ccccc2s1. The minimum Gasteiger partial charge on any atom is -0.469 e. The maximum absolute atomic E-state index is 11.0. The fourth-order valence-corrected chi connectivity index (χ4v) is 3.43. The normalized spacial score (nSPS) is 12.8. The van der Waals surface area contributed by atoms with Gasteiger partial charge >= 0.3 is 5.97 Å². The molecule has 1 unspecified atom stereocenters. The number of hydrogen-bond acceptors (Lipinski definition) is 5. The Kier molecular flexibility index (Phi) is 7.69. The molecule has 0 amide bonds. The summed E-state index contributed by atoms with van der Waals surface area (Å²) < 4.78 is 5.78. The van der Waals surface area contributed by atoms with Crippen LogP contribution in [0.15, 0.2) is 35.3 Å². The van der Waals surface area contributed by atoms with E-state index in [2.05, 4.69) is 26.4 Å². The van der Waals surface area contributed by atoms with E-state index in [4.69, 9.17) is 0 Å². The average molecular weight is 363 g/mol. The molecule has 0 spiro atoms. The lowest BCUT2D eigenvalue weighted by atomic mass is 10.2. The molecule has 1 aromatic carbocycles. The van der Waals surface area contributed by atoms with E-state index < -0.39 is 6.10 Å². The summed E-state index contributed by atoms with van der Waals surface area (Å²) in [5.74, 6) is 0.451. The van der Waals surface area contributed by atoms with E-state index in [0.29, 0.717) is 25.5 Å². The van der Waals surface area contributed by atoms with Gasteiger partial charge in [-0.15, -0.1) is 11.3 Å². The van der Waals surface area contributed by atoms with Crippen molar-refractivity contribution in [2.45, 2.75) is 25.4 Å². The Hall–Kier alpha value is -2.12. The first-order chi connectivity index (χ1) is 12.1. The van der Waals surface area contributed by atoms with Crippen LogP contribution in [0.5, 0.6) is 0 Å². The summed E-state index contributed by atoms with van der Waals surface area (Å²) in [5.41, 5.74) is 0. The molecule has 7 heteroatoms. The van der Waals surface area contributed by atoms with E-state index in [1.807, 2.05) is 24.3 Å². The monoisotopic (exact) mass is 363 g/mol. The predicted octanol–water partition coefficient (Wildman–Crippen LogP) is 2.44. The fourth-order valence-electron chi connectivity index (χ4n) is 2.38. The van der Waals surface area contributed by atoms with Crippen LogP contribution >= 0.6 is 11.3 Å². The van der Waals surface area contributed by atoms with Gasteiger partial charge in [0.15, 0.2) is 5.96 Å². The minimum absolute atomic E-state index is 0.186. The lowest BCUT2D eigenvalue weighted by molar-refractivity contribution is -0.140. The molecule has 0 bridgehead atoms. The molecule has 1 atom stereocenters. The third-order valence-corrected chi connectivity index (χ3v) is 5.00. The van der Waals surface area contributed by atoms with Crippen molar-refractivity contribution in [1.82, 2.24) is 10.6 Å². The summed E-state index contributed by atoms with van der Waals surface area (Å²) in [4.78, 5) is 16.1. The third-order valence-electron chi connectivity index (χ3n) is 3.79. The number of aliphatic imine (C=N–C) groups is 1. The molecule has 1 aromatic heterocycles. The number of ether oxygens (including phenoxy) is 1. The van der Waals surface area contributed by atoms with Crippen LogP contribution in [0.3, 0.4) is 0 Å². The minimum atomic E-state index is -0.588. The standard InChI is InChI=1S/C18H25N3O3S/c1-19-18(20-10-6-5-9-17(23)24-2)21-12-14(22)16-11-13-7-3-4-8-15(13)25-16/h3-4,7-8,11,14,22H,5-6,9-10,12H2,1-2H3,(H2,19,20,21). The molecule has 136 valence electrons. The van der Waals surface area contributed by atoms with Crippen LogP contribution < -0.4 is 10.6 Å². The molecule has 0 fully saturated rings. The summed E-state index contributed by atoms with van der Waals surface area (Å²) in [6.07, 6.45) is 1.44. The molecule has 0 saturated heterocycles. The highest BCUT2D eigenvalue weighted by Crippen LogP contribution is 2.29. The number of esters is 1. The Labute approximate surface area is 151 Å². The van der Waals surface area contributed by atoms with Gasteiger partial charge in [-0.2, -0.15) is 0 Å². The molecule has 25 heavy (non-hydrogen) atoms. The molecule has 1 heterocycles. The van der Waals surface area contributed by atoms with Gasteiger partial charge in [0.2, 0.25) is 0 Å². The fraction of sp³-hybridized carbons (Fsp3) is 0.444. The molecular formula is C18H25N3O3S. The average Bonchev–Trinajstić information content (AvgIpc) is 3.07. The Morgan fingerprint density at radius 3 is 2.84 bits per heavy atom. The van der Waals surface area contributed by atoms with E-state index in [1.54, 1.807) is 18.4 Å². The Morgan fingerprint density at radius 2 is 2.12 bits per heavy atom. The number of unbranched alkanes of at least 4 members (excludes halogenated alkanes) is 1. The number of aliphatic hydroxyl groups is 1. The molecule has 0 aliphatic heterocycles. The Morgan fingerprint density at radius 1 is 1.32 bits per heavy atom. The molecule has 0 saturated carbocycles. The number of hydrogen-bond donors (Lipinski definition) is 3. The van der Waals surface area contributed by atoms with Gasteiger partial charge in [0.05, 0.1) is 7.11 Å². The number of nitrogens with zero attached hydrogens (tertiary/aromatic N) is 1. The molecule has 6 nitrogen and oxygen atoms in total. The maximum Gasteiger partial charge on any atom is 0.305 e. The second kappa shape index (κ2) is 10.0. The molecule has 2 aromatic rings. The van der Waals surface area contributed by atoms with Gasteiger partial charge in [0.1, 0.15) is 6.10 Å². The summed E-state index contributed by atoms with van der Waals surface area (Å²) >= 11 is 1.60. The maximum atomic E-state index is 11.0. The van der Waals surface area contributed by atoms with Crippen molar-refractivity contribution < 1.29 is 14.6 Å². The van der Waals surface area contributed by atoms with Gasteiger partial charge in [0, 0.05) is 36.1 Å². The number of methoxy groups -OCH3 is 1. The van der Waals surface area contributed by atoms with Crippen LogP contribution in [0, 0.1) is 0 Å². The van der Waals surface area contributed by atoms with Crippen LogP contribution in [0.2, 0.25) is 0 Å². The van der Waals surface area contributed by atoms with Crippen LogP contribution in [-0.2, 0) is 9.53 Å². The summed E-state index contributed by atoms with van der Waals surface area (Å²) in [7, 11) is 3.09. The van der Waals surface area contributed by atoms with E-state index >= 15 is 0 Å². The van der Waals surface area contributed by atoms with Crippen molar-refractivity contribution in [3.8, 4) is 0 Å². The van der Waals surface area contributed by atoms with Crippen molar-refractivity contribution >= 4 is 33.4 Å². The molecular weight excluding hydrogens is 338 g/mol. The quantitative estimate of drug-likeness (QED) is 0.290. The number of benzene rings is 1. The highest BCUT2D eigenvalue weighted by molar-refractivity contribution is 7.19. The number of thiophene rings is 1. The summed E-state index contributed by atoms with van der Waals surface area (Å²) in [5, 5.41) is 17.8. The van der Waals surface area contributed by atoms with Crippen molar-refractivity contribution in [1.29, 1.82) is 0 Å². The van der Waals surface area contributed by atoms with E-state index in [0.717, 1.165) is 23.1 Å². The highest BCUT2D eigenvalue weighted by Gasteiger charge is 2.12. The summed E-state index contributed by atoms with van der Waals surface area (Å²) in [6.45, 7) is 1.09. The molecule has 0 radical (unpaired) electrons. The van der Waals surface area contributed by atoms with Gasteiger partial charge in [-0.05, 0) is 30.4 Å². The predicted molar refractivity (Wildman–Crippen MR) is 102 cm³/mol. The zero-order chi connectivity index (χ0) is 18.1. The van der Waals surface area contributed by atoms with Crippen molar-refractivity contribution in [2.24, 2.45) is 4.99 Å². The molecule has 0 aliphatic carbocycles. The number of rotatable bonds is 8. The number of aliphatic hydroxyl groups excluding tert-OH is 1. The topological polar surface area (TPSA) is 83.0 Å². The number of fused-ring (bicyclic) bond motifs is 1. The second-order valence-electron chi connectivity index (χ2n) is 5.62. The third kappa shape index (κ3) is 6.03. The first-order valence-electron chi connectivity index (χ1n) is 8.32. The molecule has 3 N–H and O–H groups in total. The summed E-state index contributed by atoms with van der Waals surface area (Å²) in [6, 6.07) is 10.1. The van der Waals surface area contributed by atoms with Crippen LogP contribution in [0.4, 0.5) is 0 Å². The van der Waals surface area contributed by atoms with Gasteiger partial charge in [0.25, 0.3) is 0 Å². The first-order valence-corrected chi connectivity index (χ1v) is 9.13. The Balaban J connectivity index is 1.73. The van der Waals surface area contributed by atoms with Crippen LogP contribution in [-0.4, -0.2) is 44.3 Å². The largest absolute Gasteiger partial charge is 0.469 e. The number of carbonyl (C=O) groups excluding carboxylic acids is 1. The van der Waals surface area contributed by atoms with E-state index in [-0.39, 0.29) is 5.97 Å². The van der Waals surface area contributed by atoms with Gasteiger partial charge in [-0.3, -0.25) is 9.79 Å². The van der Waals surface area contributed by atoms with Crippen molar-refractivity contribution in [3.05, 3.63) is 35.2 Å².